The molecule has 2 nitrogen and oxygen atoms in total. The molecule has 0 aromatic carbocycles. The molecule has 12 heavy (non-hydrogen) atoms. The number of nitrogens with zero attached hydrogens (tertiary/aromatic N) is 2. The maximum absolute atomic E-state index is 5.58. The SMILES string of the molecule is CCCCc1nsc(CCl)n1.Cl. The van der Waals surface area contributed by atoms with Crippen molar-refractivity contribution in [1.29, 1.82) is 0 Å². The number of hydrogen-bond donors (Lipinski definition) is 0. The zero-order valence-corrected chi connectivity index (χ0v) is 9.31. The van der Waals surface area contributed by atoms with Gasteiger partial charge >= 0.3 is 0 Å². The molecule has 0 fully saturated rings. The van der Waals surface area contributed by atoms with E-state index in [1.54, 1.807) is 0 Å². The lowest BCUT2D eigenvalue weighted by molar-refractivity contribution is 0.763. The molecule has 1 aromatic rings. The van der Waals surface area contributed by atoms with Gasteiger partial charge in [-0.05, 0) is 18.0 Å². The highest BCUT2D eigenvalue weighted by atomic mass is 35.5. The van der Waals surface area contributed by atoms with Crippen molar-refractivity contribution in [3.63, 3.8) is 0 Å². The molecule has 1 rings (SSSR count). The van der Waals surface area contributed by atoms with E-state index in [1.165, 1.54) is 24.4 Å². The number of rotatable bonds is 4. The molecule has 0 spiro atoms. The third kappa shape index (κ3) is 3.70. The van der Waals surface area contributed by atoms with Gasteiger partial charge in [-0.25, -0.2) is 4.98 Å². The molecule has 0 saturated carbocycles. The number of halogens is 2. The Morgan fingerprint density at radius 3 is 2.75 bits per heavy atom. The summed E-state index contributed by atoms with van der Waals surface area (Å²) in [6, 6.07) is 0. The Labute approximate surface area is 87.9 Å². The third-order valence-electron chi connectivity index (χ3n) is 1.38. The van der Waals surface area contributed by atoms with Crippen molar-refractivity contribution in [3.8, 4) is 0 Å². The van der Waals surface area contributed by atoms with Gasteiger partial charge in [0.25, 0.3) is 0 Å². The minimum atomic E-state index is 0. The monoisotopic (exact) mass is 226 g/mol. The second-order valence-electron chi connectivity index (χ2n) is 2.34. The zero-order chi connectivity index (χ0) is 8.10. The average molecular weight is 227 g/mol. The number of unbranched alkanes of at least 4 members (excludes halogenated alkanes) is 1. The molecule has 0 saturated heterocycles. The van der Waals surface area contributed by atoms with Crippen LogP contribution < -0.4 is 0 Å². The van der Waals surface area contributed by atoms with E-state index < -0.39 is 0 Å². The van der Waals surface area contributed by atoms with Crippen LogP contribution in [-0.4, -0.2) is 9.36 Å². The molecular weight excluding hydrogens is 215 g/mol. The lowest BCUT2D eigenvalue weighted by Crippen LogP contribution is -1.87. The van der Waals surface area contributed by atoms with Crippen molar-refractivity contribution in [2.24, 2.45) is 0 Å². The molecule has 0 amide bonds. The first-order valence-corrected chi connectivity index (χ1v) is 5.05. The lowest BCUT2D eigenvalue weighted by atomic mass is 10.2. The summed E-state index contributed by atoms with van der Waals surface area (Å²) >= 11 is 6.99. The molecule has 0 atom stereocenters. The first-order chi connectivity index (χ1) is 5.36. The summed E-state index contributed by atoms with van der Waals surface area (Å²) < 4.78 is 4.17. The molecular formula is C7H12Cl2N2S. The molecule has 5 heteroatoms. The van der Waals surface area contributed by atoms with Crippen molar-refractivity contribution >= 4 is 35.5 Å². The summed E-state index contributed by atoms with van der Waals surface area (Å²) in [5.41, 5.74) is 0. The Bertz CT molecular complexity index is 215. The summed E-state index contributed by atoms with van der Waals surface area (Å²) in [5.74, 6) is 1.44. The summed E-state index contributed by atoms with van der Waals surface area (Å²) in [4.78, 5) is 4.24. The van der Waals surface area contributed by atoms with Crippen molar-refractivity contribution in [2.75, 3.05) is 0 Å². The molecule has 0 bridgehead atoms. The number of alkyl halides is 1. The number of hydrogen-bond acceptors (Lipinski definition) is 3. The van der Waals surface area contributed by atoms with E-state index in [1.807, 2.05) is 0 Å². The Morgan fingerprint density at radius 1 is 1.50 bits per heavy atom. The summed E-state index contributed by atoms with van der Waals surface area (Å²) in [5, 5.41) is 0.928. The Kier molecular flexibility index (Phi) is 6.71. The van der Waals surface area contributed by atoms with Crippen LogP contribution in [0.15, 0.2) is 0 Å². The molecule has 0 aliphatic carbocycles. The molecule has 70 valence electrons. The molecule has 0 N–H and O–H groups in total. The van der Waals surface area contributed by atoms with Gasteiger partial charge in [-0.15, -0.1) is 24.0 Å². The van der Waals surface area contributed by atoms with Crippen molar-refractivity contribution in [1.82, 2.24) is 9.36 Å². The zero-order valence-electron chi connectivity index (χ0n) is 6.92. The predicted molar refractivity (Wildman–Crippen MR) is 55.3 cm³/mol. The first-order valence-electron chi connectivity index (χ1n) is 3.74. The predicted octanol–water partition coefficient (Wildman–Crippen LogP) is 3.04. The molecule has 1 aromatic heterocycles. The summed E-state index contributed by atoms with van der Waals surface area (Å²) in [6.07, 6.45) is 3.35. The van der Waals surface area contributed by atoms with Gasteiger partial charge in [0.1, 0.15) is 10.8 Å². The average Bonchev–Trinajstić information content (AvgIpc) is 2.48. The van der Waals surface area contributed by atoms with Crippen LogP contribution >= 0.6 is 35.5 Å². The summed E-state index contributed by atoms with van der Waals surface area (Å²) in [6.45, 7) is 2.16. The van der Waals surface area contributed by atoms with Crippen LogP contribution in [0.3, 0.4) is 0 Å². The van der Waals surface area contributed by atoms with E-state index in [4.69, 9.17) is 11.6 Å². The number of aryl methyl sites for hydroxylation is 1. The summed E-state index contributed by atoms with van der Waals surface area (Å²) in [7, 11) is 0. The van der Waals surface area contributed by atoms with Gasteiger partial charge in [0.15, 0.2) is 0 Å². The van der Waals surface area contributed by atoms with Gasteiger partial charge in [-0.1, -0.05) is 13.3 Å². The van der Waals surface area contributed by atoms with Crippen LogP contribution in [-0.2, 0) is 12.3 Å². The fourth-order valence-electron chi connectivity index (χ4n) is 0.781. The molecule has 0 radical (unpaired) electrons. The standard InChI is InChI=1S/C7H11ClN2S.ClH/c1-2-3-4-6-9-7(5-8)11-10-6;/h2-5H2,1H3;1H. The Hall–Kier alpha value is 0.140. The highest BCUT2D eigenvalue weighted by Crippen LogP contribution is 2.09. The van der Waals surface area contributed by atoms with Crippen molar-refractivity contribution < 1.29 is 0 Å². The fourth-order valence-corrected chi connectivity index (χ4v) is 1.52. The van der Waals surface area contributed by atoms with E-state index in [2.05, 4.69) is 16.3 Å². The van der Waals surface area contributed by atoms with E-state index in [0.29, 0.717) is 5.88 Å². The quantitative estimate of drug-likeness (QED) is 0.739. The van der Waals surface area contributed by atoms with E-state index in [9.17, 15) is 0 Å². The van der Waals surface area contributed by atoms with Gasteiger partial charge in [-0.2, -0.15) is 4.37 Å². The largest absolute Gasteiger partial charge is 0.223 e. The third-order valence-corrected chi connectivity index (χ3v) is 2.54. The molecule has 0 unspecified atom stereocenters. The van der Waals surface area contributed by atoms with Crippen LogP contribution in [0.25, 0.3) is 0 Å². The first kappa shape index (κ1) is 12.1. The van der Waals surface area contributed by atoms with Gasteiger partial charge in [-0.3, -0.25) is 0 Å². The van der Waals surface area contributed by atoms with Gasteiger partial charge < -0.3 is 0 Å². The van der Waals surface area contributed by atoms with Crippen LogP contribution in [0.5, 0.6) is 0 Å². The molecule has 0 aliphatic rings. The smallest absolute Gasteiger partial charge is 0.142 e. The van der Waals surface area contributed by atoms with Crippen molar-refractivity contribution in [2.45, 2.75) is 32.1 Å². The highest BCUT2D eigenvalue weighted by Gasteiger charge is 2.00. The van der Waals surface area contributed by atoms with Crippen LogP contribution in [0.1, 0.15) is 30.6 Å². The molecule has 1 heterocycles. The normalized spacial score (nSPS) is 9.50. The minimum absolute atomic E-state index is 0. The van der Waals surface area contributed by atoms with E-state index in [0.717, 1.165) is 17.3 Å². The molecule has 0 aliphatic heterocycles. The fraction of sp³-hybridized carbons (Fsp3) is 0.714. The maximum Gasteiger partial charge on any atom is 0.142 e. The van der Waals surface area contributed by atoms with Crippen LogP contribution in [0, 0.1) is 0 Å². The van der Waals surface area contributed by atoms with Crippen LogP contribution in [0.4, 0.5) is 0 Å². The second kappa shape index (κ2) is 6.63. The Balaban J connectivity index is 0.00000121. The van der Waals surface area contributed by atoms with Gasteiger partial charge in [0, 0.05) is 6.42 Å². The second-order valence-corrected chi connectivity index (χ2v) is 3.45. The van der Waals surface area contributed by atoms with Gasteiger partial charge in [0.2, 0.25) is 0 Å². The van der Waals surface area contributed by atoms with Crippen molar-refractivity contribution in [3.05, 3.63) is 10.8 Å². The topological polar surface area (TPSA) is 25.8 Å². The number of aromatic nitrogens is 2. The van der Waals surface area contributed by atoms with Crippen LogP contribution in [0.2, 0.25) is 0 Å². The lowest BCUT2D eigenvalue weighted by Gasteiger charge is -1.88. The van der Waals surface area contributed by atoms with Gasteiger partial charge in [0.05, 0.1) is 5.88 Å². The highest BCUT2D eigenvalue weighted by molar-refractivity contribution is 7.05. The van der Waals surface area contributed by atoms with E-state index >= 15 is 0 Å². The minimum Gasteiger partial charge on any atom is -0.223 e. The van der Waals surface area contributed by atoms with E-state index in [-0.39, 0.29) is 12.4 Å². The Morgan fingerprint density at radius 2 is 2.25 bits per heavy atom. The maximum atomic E-state index is 5.58.